The molecule has 6 nitrogen and oxygen atoms in total. The number of fused-ring (bicyclic) bond motifs is 1. The van der Waals surface area contributed by atoms with E-state index in [1.165, 1.54) is 23.3 Å². The van der Waals surface area contributed by atoms with E-state index in [2.05, 4.69) is 32.5 Å². The maximum absolute atomic E-state index is 13.1. The summed E-state index contributed by atoms with van der Waals surface area (Å²) in [4.78, 5) is 10.8. The largest absolute Gasteiger partial charge is 0.261 e. The number of aryl methyl sites for hydroxylation is 3. The molecule has 3 aromatic heterocycles. The second kappa shape index (κ2) is 7.88. The predicted molar refractivity (Wildman–Crippen MR) is 116 cm³/mol. The van der Waals surface area contributed by atoms with Crippen LogP contribution in [-0.2, 0) is 6.54 Å². The first-order valence-corrected chi connectivity index (χ1v) is 10.1. The molecule has 9 heteroatoms. The summed E-state index contributed by atoms with van der Waals surface area (Å²) in [7, 11) is 0. The van der Waals surface area contributed by atoms with E-state index in [-0.39, 0.29) is 5.82 Å². The third-order valence-corrected chi connectivity index (χ3v) is 6.20. The monoisotopic (exact) mass is 428 g/mol. The zero-order valence-corrected chi connectivity index (χ0v) is 17.6. The Labute approximate surface area is 176 Å². The van der Waals surface area contributed by atoms with E-state index >= 15 is 0 Å². The van der Waals surface area contributed by atoms with E-state index in [1.54, 1.807) is 34.4 Å². The number of halogens is 2. The molecule has 0 bridgehead atoms. The first kappa shape index (κ1) is 19.5. The molecule has 0 radical (unpaired) electrons. The lowest BCUT2D eigenvalue weighted by Gasteiger charge is -2.04. The van der Waals surface area contributed by atoms with Gasteiger partial charge in [-0.3, -0.25) is 5.43 Å². The Morgan fingerprint density at radius 3 is 2.72 bits per heavy atom. The highest BCUT2D eigenvalue weighted by Gasteiger charge is 2.13. The summed E-state index contributed by atoms with van der Waals surface area (Å²) in [5.74, 6) is 0.380. The molecule has 148 valence electrons. The minimum Gasteiger partial charge on any atom is -0.261 e. The van der Waals surface area contributed by atoms with Gasteiger partial charge < -0.3 is 0 Å². The lowest BCUT2D eigenvalue weighted by molar-refractivity contribution is 0.624. The number of benzene rings is 1. The van der Waals surface area contributed by atoms with E-state index in [1.807, 2.05) is 13.8 Å². The Kier molecular flexibility index (Phi) is 5.29. The molecule has 0 atom stereocenters. The fraction of sp³-hybridized carbons (Fsp3) is 0.200. The minimum absolute atomic E-state index is 0.273. The average molecular weight is 429 g/mol. The molecule has 0 amide bonds. The van der Waals surface area contributed by atoms with Gasteiger partial charge in [-0.15, -0.1) is 11.3 Å². The molecule has 29 heavy (non-hydrogen) atoms. The number of anilines is 1. The Balaban J connectivity index is 1.56. The lowest BCUT2D eigenvalue weighted by Crippen LogP contribution is -2.02. The maximum Gasteiger partial charge on any atom is 0.158 e. The van der Waals surface area contributed by atoms with Crippen molar-refractivity contribution in [1.29, 1.82) is 0 Å². The number of hydrogen-bond donors (Lipinski definition) is 1. The van der Waals surface area contributed by atoms with Crippen LogP contribution in [0.1, 0.15) is 27.3 Å². The molecule has 1 N–H and O–H groups in total. The Bertz CT molecular complexity index is 1210. The summed E-state index contributed by atoms with van der Waals surface area (Å²) in [6.45, 7) is 6.42. The van der Waals surface area contributed by atoms with Crippen LogP contribution in [0.5, 0.6) is 0 Å². The second-order valence-electron chi connectivity index (χ2n) is 6.63. The number of nitrogens with zero attached hydrogens (tertiary/aromatic N) is 5. The molecule has 3 heterocycles. The summed E-state index contributed by atoms with van der Waals surface area (Å²) in [5.41, 5.74) is 6.51. The van der Waals surface area contributed by atoms with E-state index in [0.29, 0.717) is 23.1 Å². The average Bonchev–Trinajstić information content (AvgIpc) is 3.14. The predicted octanol–water partition coefficient (Wildman–Crippen LogP) is 5.10. The van der Waals surface area contributed by atoms with Gasteiger partial charge in [0.05, 0.1) is 29.4 Å². The summed E-state index contributed by atoms with van der Waals surface area (Å²) >= 11 is 8.13. The van der Waals surface area contributed by atoms with Crippen molar-refractivity contribution in [3.05, 3.63) is 68.8 Å². The zero-order valence-electron chi connectivity index (χ0n) is 16.1. The highest BCUT2D eigenvalue weighted by molar-refractivity contribution is 7.18. The van der Waals surface area contributed by atoms with Gasteiger partial charge in [-0.25, -0.2) is 19.0 Å². The topological polar surface area (TPSA) is 68.0 Å². The minimum atomic E-state index is -0.273. The van der Waals surface area contributed by atoms with Crippen molar-refractivity contribution in [2.24, 2.45) is 5.10 Å². The number of nitrogens with one attached hydrogen (secondary N) is 1. The third kappa shape index (κ3) is 3.86. The maximum atomic E-state index is 13.1. The molecule has 0 saturated carbocycles. The van der Waals surface area contributed by atoms with Crippen molar-refractivity contribution in [3.63, 3.8) is 0 Å². The van der Waals surface area contributed by atoms with Crippen LogP contribution in [0.25, 0.3) is 10.2 Å². The molecule has 4 aromatic rings. The van der Waals surface area contributed by atoms with Crippen LogP contribution in [0, 0.1) is 26.6 Å². The standard InChI is InChI=1S/C20H18ClFN6S/c1-11-13(3)29-20-17(11)19(23-10-24-20)26-25-8-16-12(2)27-28(18(16)21)9-14-4-6-15(22)7-5-14/h4-8,10H,9H2,1-3H3,(H,23,24,26). The summed E-state index contributed by atoms with van der Waals surface area (Å²) in [6, 6.07) is 6.26. The van der Waals surface area contributed by atoms with Crippen molar-refractivity contribution >= 4 is 45.2 Å². The van der Waals surface area contributed by atoms with Crippen molar-refractivity contribution in [1.82, 2.24) is 19.7 Å². The van der Waals surface area contributed by atoms with Crippen LogP contribution >= 0.6 is 22.9 Å². The SMILES string of the molecule is Cc1nn(Cc2ccc(F)cc2)c(Cl)c1C=NNc1ncnc2sc(C)c(C)c12. The molecule has 0 unspecified atom stereocenters. The molecule has 0 aliphatic heterocycles. The van der Waals surface area contributed by atoms with E-state index < -0.39 is 0 Å². The van der Waals surface area contributed by atoms with Crippen LogP contribution < -0.4 is 5.43 Å². The highest BCUT2D eigenvalue weighted by Crippen LogP contribution is 2.32. The van der Waals surface area contributed by atoms with Crippen molar-refractivity contribution < 1.29 is 4.39 Å². The molecular weight excluding hydrogens is 411 g/mol. The quantitative estimate of drug-likeness (QED) is 0.354. The summed E-state index contributed by atoms with van der Waals surface area (Å²) < 4.78 is 14.8. The van der Waals surface area contributed by atoms with Crippen molar-refractivity contribution in [2.45, 2.75) is 27.3 Å². The number of hydrogen-bond acceptors (Lipinski definition) is 6. The van der Waals surface area contributed by atoms with Gasteiger partial charge in [-0.1, -0.05) is 23.7 Å². The van der Waals surface area contributed by atoms with Gasteiger partial charge in [-0.05, 0) is 44.0 Å². The van der Waals surface area contributed by atoms with E-state index in [0.717, 1.165) is 27.0 Å². The lowest BCUT2D eigenvalue weighted by atomic mass is 10.2. The number of hydrazone groups is 1. The normalized spacial score (nSPS) is 11.6. The first-order chi connectivity index (χ1) is 13.9. The molecule has 0 aliphatic carbocycles. The van der Waals surface area contributed by atoms with Gasteiger partial charge in [0.15, 0.2) is 5.82 Å². The zero-order chi connectivity index (χ0) is 20.5. The van der Waals surface area contributed by atoms with Crippen molar-refractivity contribution in [2.75, 3.05) is 5.43 Å². The molecule has 0 spiro atoms. The molecular formula is C20H18ClFN6S. The molecule has 0 fully saturated rings. The fourth-order valence-electron chi connectivity index (χ4n) is 3.01. The fourth-order valence-corrected chi connectivity index (χ4v) is 4.29. The molecule has 0 saturated heterocycles. The van der Waals surface area contributed by atoms with E-state index in [4.69, 9.17) is 11.6 Å². The number of thiophene rings is 1. The van der Waals surface area contributed by atoms with Crippen LogP contribution in [0.15, 0.2) is 35.7 Å². The Morgan fingerprint density at radius 2 is 1.97 bits per heavy atom. The molecule has 1 aromatic carbocycles. The Hall–Kier alpha value is -2.84. The highest BCUT2D eigenvalue weighted by atomic mass is 35.5. The number of aromatic nitrogens is 4. The van der Waals surface area contributed by atoms with Crippen LogP contribution in [0.3, 0.4) is 0 Å². The van der Waals surface area contributed by atoms with Crippen molar-refractivity contribution in [3.8, 4) is 0 Å². The van der Waals surface area contributed by atoms with Gasteiger partial charge in [0.25, 0.3) is 0 Å². The van der Waals surface area contributed by atoms with E-state index in [9.17, 15) is 4.39 Å². The smallest absolute Gasteiger partial charge is 0.158 e. The van der Waals surface area contributed by atoms with Crippen LogP contribution in [-0.4, -0.2) is 26.0 Å². The van der Waals surface area contributed by atoms with Gasteiger partial charge >= 0.3 is 0 Å². The van der Waals surface area contributed by atoms with Crippen LogP contribution in [0.2, 0.25) is 5.15 Å². The summed E-state index contributed by atoms with van der Waals surface area (Å²) in [5, 5.41) is 10.2. The molecule has 4 rings (SSSR count). The summed E-state index contributed by atoms with van der Waals surface area (Å²) in [6.07, 6.45) is 3.16. The van der Waals surface area contributed by atoms with Gasteiger partial charge in [0, 0.05) is 4.88 Å². The van der Waals surface area contributed by atoms with Gasteiger partial charge in [0.2, 0.25) is 0 Å². The number of rotatable bonds is 5. The van der Waals surface area contributed by atoms with Crippen LogP contribution in [0.4, 0.5) is 10.2 Å². The van der Waals surface area contributed by atoms with Gasteiger partial charge in [0.1, 0.15) is 22.1 Å². The Morgan fingerprint density at radius 1 is 1.21 bits per heavy atom. The first-order valence-electron chi connectivity index (χ1n) is 8.91. The second-order valence-corrected chi connectivity index (χ2v) is 8.19. The third-order valence-electron chi connectivity index (χ3n) is 4.68. The molecule has 0 aliphatic rings. The van der Waals surface area contributed by atoms with Gasteiger partial charge in [-0.2, -0.15) is 10.2 Å².